The summed E-state index contributed by atoms with van der Waals surface area (Å²) in [6.07, 6.45) is 14.1. The van der Waals surface area contributed by atoms with E-state index in [9.17, 15) is 19.8 Å². The molecule has 5 nitrogen and oxygen atoms in total. The van der Waals surface area contributed by atoms with Crippen LogP contribution in [0.4, 0.5) is 0 Å². The Bertz CT molecular complexity index is 551. The molecular formula is C22H34O5. The molecule has 0 saturated heterocycles. The molecule has 0 aromatic rings. The summed E-state index contributed by atoms with van der Waals surface area (Å²) in [5, 5.41) is 28.1. The van der Waals surface area contributed by atoms with Crippen LogP contribution in [0.3, 0.4) is 0 Å². The van der Waals surface area contributed by atoms with Crippen LogP contribution in [0.1, 0.15) is 64.7 Å². The van der Waals surface area contributed by atoms with Crippen LogP contribution in [-0.2, 0) is 9.59 Å². The van der Waals surface area contributed by atoms with E-state index in [1.807, 2.05) is 12.2 Å². The van der Waals surface area contributed by atoms with Gasteiger partial charge in [-0.2, -0.15) is 0 Å². The van der Waals surface area contributed by atoms with Gasteiger partial charge in [-0.25, -0.2) is 0 Å². The van der Waals surface area contributed by atoms with E-state index in [1.165, 1.54) is 0 Å². The lowest BCUT2D eigenvalue weighted by Crippen LogP contribution is -2.19. The molecule has 0 spiro atoms. The molecule has 2 aliphatic rings. The number of aliphatic hydroxyl groups excluding tert-OH is 1. The van der Waals surface area contributed by atoms with Crippen LogP contribution in [0.15, 0.2) is 24.3 Å². The fraction of sp³-hybridized carbons (Fsp3) is 0.727. The first-order valence-corrected chi connectivity index (χ1v) is 10.4. The van der Waals surface area contributed by atoms with Gasteiger partial charge in [0.25, 0.3) is 0 Å². The molecule has 3 N–H and O–H groups in total. The maximum absolute atomic E-state index is 12.2. The molecule has 0 aromatic carbocycles. The number of ketones is 1. The Morgan fingerprint density at radius 3 is 2.48 bits per heavy atom. The fourth-order valence-corrected chi connectivity index (χ4v) is 4.06. The van der Waals surface area contributed by atoms with Gasteiger partial charge in [0.05, 0.1) is 5.92 Å². The Morgan fingerprint density at radius 2 is 1.89 bits per heavy atom. The second-order valence-corrected chi connectivity index (χ2v) is 8.13. The number of carbonyl (C=O) groups excluding carboxylic acids is 1. The van der Waals surface area contributed by atoms with Gasteiger partial charge in [0.15, 0.2) is 6.29 Å². The SMILES string of the molecule is CCCCCC(C=C[C@H]1C(=O)CC[C@@H]1CC=CC[C@@H]1C[C@H]1C(=O)O)C(O)O. The summed E-state index contributed by atoms with van der Waals surface area (Å²) >= 11 is 0. The Morgan fingerprint density at radius 1 is 1.19 bits per heavy atom. The molecule has 0 aromatic heterocycles. The molecule has 0 radical (unpaired) electrons. The van der Waals surface area contributed by atoms with Gasteiger partial charge < -0.3 is 15.3 Å². The highest BCUT2D eigenvalue weighted by Gasteiger charge is 2.41. The third-order valence-electron chi connectivity index (χ3n) is 6.01. The molecule has 5 atom stereocenters. The maximum atomic E-state index is 12.2. The van der Waals surface area contributed by atoms with E-state index in [1.54, 1.807) is 0 Å². The van der Waals surface area contributed by atoms with Gasteiger partial charge >= 0.3 is 5.97 Å². The number of carboxylic acids is 1. The van der Waals surface area contributed by atoms with E-state index < -0.39 is 12.3 Å². The van der Waals surface area contributed by atoms with Gasteiger partial charge in [-0.3, -0.25) is 9.59 Å². The number of rotatable bonds is 12. The number of hydrogen-bond donors (Lipinski definition) is 3. The van der Waals surface area contributed by atoms with Crippen LogP contribution in [0.5, 0.6) is 0 Å². The van der Waals surface area contributed by atoms with Gasteiger partial charge in [0.2, 0.25) is 0 Å². The zero-order valence-corrected chi connectivity index (χ0v) is 16.3. The monoisotopic (exact) mass is 378 g/mol. The van der Waals surface area contributed by atoms with Crippen molar-refractivity contribution in [3.63, 3.8) is 0 Å². The van der Waals surface area contributed by atoms with E-state index in [0.717, 1.165) is 51.4 Å². The van der Waals surface area contributed by atoms with Gasteiger partial charge in [-0.15, -0.1) is 0 Å². The van der Waals surface area contributed by atoms with Crippen molar-refractivity contribution in [1.29, 1.82) is 0 Å². The van der Waals surface area contributed by atoms with Crippen LogP contribution < -0.4 is 0 Å². The minimum atomic E-state index is -1.38. The predicted molar refractivity (Wildman–Crippen MR) is 104 cm³/mol. The lowest BCUT2D eigenvalue weighted by Gasteiger charge is -2.17. The summed E-state index contributed by atoms with van der Waals surface area (Å²) in [4.78, 5) is 23.1. The molecule has 0 aliphatic heterocycles. The molecule has 5 heteroatoms. The topological polar surface area (TPSA) is 94.8 Å². The molecule has 0 bridgehead atoms. The molecule has 2 rings (SSSR count). The van der Waals surface area contributed by atoms with E-state index in [-0.39, 0.29) is 35.4 Å². The van der Waals surface area contributed by atoms with Crippen molar-refractivity contribution >= 4 is 11.8 Å². The molecule has 2 aliphatic carbocycles. The highest BCUT2D eigenvalue weighted by atomic mass is 16.5. The molecular weight excluding hydrogens is 344 g/mol. The minimum Gasteiger partial charge on any atom is -0.481 e. The number of aliphatic carboxylic acids is 1. The Labute approximate surface area is 162 Å². The van der Waals surface area contributed by atoms with Crippen LogP contribution in [0.2, 0.25) is 0 Å². The van der Waals surface area contributed by atoms with Crippen molar-refractivity contribution in [2.75, 3.05) is 0 Å². The Kier molecular flexibility index (Phi) is 8.71. The van der Waals surface area contributed by atoms with E-state index in [4.69, 9.17) is 5.11 Å². The number of Topliss-reactive ketones (excluding diaryl/α,β-unsaturated/α-hetero) is 1. The second-order valence-electron chi connectivity index (χ2n) is 8.13. The van der Waals surface area contributed by atoms with Gasteiger partial charge in [-0.05, 0) is 43.9 Å². The Balaban J connectivity index is 1.82. The van der Waals surface area contributed by atoms with Gasteiger partial charge in [-0.1, -0.05) is 50.5 Å². The lowest BCUT2D eigenvalue weighted by atomic mass is 9.89. The summed E-state index contributed by atoms with van der Waals surface area (Å²) in [6.45, 7) is 2.11. The van der Waals surface area contributed by atoms with Gasteiger partial charge in [0.1, 0.15) is 5.78 Å². The normalized spacial score (nSPS) is 29.3. The van der Waals surface area contributed by atoms with Crippen molar-refractivity contribution in [2.24, 2.45) is 29.6 Å². The summed E-state index contributed by atoms with van der Waals surface area (Å²) in [6, 6.07) is 0. The maximum Gasteiger partial charge on any atom is 0.306 e. The number of carbonyl (C=O) groups is 2. The minimum absolute atomic E-state index is 0.144. The number of hydrogen-bond acceptors (Lipinski definition) is 4. The molecule has 152 valence electrons. The average Bonchev–Trinajstić information content (AvgIpc) is 3.32. The highest BCUT2D eigenvalue weighted by molar-refractivity contribution is 5.85. The number of unbranched alkanes of at least 4 members (excludes halogenated alkanes) is 2. The largest absolute Gasteiger partial charge is 0.481 e. The number of carboxylic acid groups (broad SMARTS) is 1. The molecule has 0 heterocycles. The first kappa shape index (κ1) is 21.8. The molecule has 1 unspecified atom stereocenters. The molecule has 0 amide bonds. The zero-order valence-electron chi connectivity index (χ0n) is 16.3. The van der Waals surface area contributed by atoms with Crippen molar-refractivity contribution in [3.05, 3.63) is 24.3 Å². The van der Waals surface area contributed by atoms with Crippen LogP contribution in [0.25, 0.3) is 0 Å². The third-order valence-corrected chi connectivity index (χ3v) is 6.01. The van der Waals surface area contributed by atoms with Crippen molar-refractivity contribution < 1.29 is 24.9 Å². The zero-order chi connectivity index (χ0) is 19.8. The summed E-state index contributed by atoms with van der Waals surface area (Å²) in [5.74, 6) is -0.565. The number of allylic oxidation sites excluding steroid dienone is 3. The van der Waals surface area contributed by atoms with Crippen LogP contribution >= 0.6 is 0 Å². The Hall–Kier alpha value is -1.46. The molecule has 2 saturated carbocycles. The van der Waals surface area contributed by atoms with Crippen molar-refractivity contribution in [1.82, 2.24) is 0 Å². The quantitative estimate of drug-likeness (QED) is 0.273. The van der Waals surface area contributed by atoms with Crippen LogP contribution in [-0.4, -0.2) is 33.4 Å². The van der Waals surface area contributed by atoms with Crippen molar-refractivity contribution in [3.8, 4) is 0 Å². The van der Waals surface area contributed by atoms with Crippen molar-refractivity contribution in [2.45, 2.75) is 71.0 Å². The first-order chi connectivity index (χ1) is 12.9. The lowest BCUT2D eigenvalue weighted by molar-refractivity contribution is -0.138. The van der Waals surface area contributed by atoms with E-state index in [0.29, 0.717) is 6.42 Å². The standard InChI is InChI=1S/C22H34O5/c1-2-3-4-8-16(21(24)25)10-12-18-15(11-13-20(18)23)7-5-6-9-17-14-19(17)22(26)27/h5-6,10,12,15-19,21,24-25H,2-4,7-9,11,13-14H2,1H3,(H,26,27)/t15-,16?,17+,18+,19+/m0/s1. The smallest absolute Gasteiger partial charge is 0.306 e. The molecule has 2 fully saturated rings. The summed E-state index contributed by atoms with van der Waals surface area (Å²) < 4.78 is 0. The third kappa shape index (κ3) is 6.89. The van der Waals surface area contributed by atoms with Gasteiger partial charge in [0, 0.05) is 18.3 Å². The first-order valence-electron chi connectivity index (χ1n) is 10.4. The predicted octanol–water partition coefficient (Wildman–Crippen LogP) is 3.70. The number of aliphatic hydroxyl groups is 2. The van der Waals surface area contributed by atoms with E-state index in [2.05, 4.69) is 19.1 Å². The molecule has 27 heavy (non-hydrogen) atoms. The average molecular weight is 379 g/mol. The fourth-order valence-electron chi connectivity index (χ4n) is 4.06. The second kappa shape index (κ2) is 10.8. The summed E-state index contributed by atoms with van der Waals surface area (Å²) in [5.41, 5.74) is 0. The summed E-state index contributed by atoms with van der Waals surface area (Å²) in [7, 11) is 0. The van der Waals surface area contributed by atoms with Crippen LogP contribution in [0, 0.1) is 29.6 Å². The highest BCUT2D eigenvalue weighted by Crippen LogP contribution is 2.41. The van der Waals surface area contributed by atoms with E-state index >= 15 is 0 Å².